The maximum absolute atomic E-state index is 12.5. The Hall–Kier alpha value is -3.22. The fourth-order valence-corrected chi connectivity index (χ4v) is 3.03. The number of rotatable bonds is 7. The van der Waals surface area contributed by atoms with Crippen LogP contribution in [0.15, 0.2) is 36.4 Å². The predicted molar refractivity (Wildman–Crippen MR) is 102 cm³/mol. The van der Waals surface area contributed by atoms with Crippen LogP contribution in [0, 0.1) is 6.92 Å². The lowest BCUT2D eigenvalue weighted by atomic mass is 10.1. The second-order valence-corrected chi connectivity index (χ2v) is 6.04. The number of hydrogen-bond donors (Lipinski definition) is 1. The third kappa shape index (κ3) is 3.81. The van der Waals surface area contributed by atoms with Gasteiger partial charge in [-0.05, 0) is 36.8 Å². The zero-order chi connectivity index (χ0) is 19.4. The fourth-order valence-electron chi connectivity index (χ4n) is 3.03. The molecule has 0 bridgehead atoms. The zero-order valence-electron chi connectivity index (χ0n) is 15.9. The minimum atomic E-state index is -0.102. The Morgan fingerprint density at radius 1 is 1.07 bits per heavy atom. The van der Waals surface area contributed by atoms with Gasteiger partial charge in [0.15, 0.2) is 11.5 Å². The summed E-state index contributed by atoms with van der Waals surface area (Å²) in [5, 5.41) is 2.93. The SMILES string of the molecule is COc1cc(CNC(=O)Cn2c(C)nc3ccccc32)cc(OC)c1OC. The van der Waals surface area contributed by atoms with Crippen LogP contribution in [-0.4, -0.2) is 36.8 Å². The molecule has 1 amide bonds. The number of benzene rings is 2. The molecular weight excluding hydrogens is 346 g/mol. The van der Waals surface area contributed by atoms with Gasteiger partial charge in [0.2, 0.25) is 11.7 Å². The number of imidazole rings is 1. The molecule has 1 aromatic heterocycles. The second kappa shape index (κ2) is 7.99. The Morgan fingerprint density at radius 3 is 2.37 bits per heavy atom. The summed E-state index contributed by atoms with van der Waals surface area (Å²) in [5.74, 6) is 2.33. The highest BCUT2D eigenvalue weighted by Crippen LogP contribution is 2.38. The summed E-state index contributed by atoms with van der Waals surface area (Å²) in [5.41, 5.74) is 2.68. The number of nitrogens with zero attached hydrogens (tertiary/aromatic N) is 2. The number of aryl methyl sites for hydroxylation is 1. The number of para-hydroxylation sites is 2. The average molecular weight is 369 g/mol. The highest BCUT2D eigenvalue weighted by molar-refractivity contribution is 5.81. The first kappa shape index (κ1) is 18.6. The Morgan fingerprint density at radius 2 is 1.74 bits per heavy atom. The maximum Gasteiger partial charge on any atom is 0.240 e. The minimum Gasteiger partial charge on any atom is -0.493 e. The molecule has 0 fully saturated rings. The van der Waals surface area contributed by atoms with Crippen LogP contribution in [0.1, 0.15) is 11.4 Å². The van der Waals surface area contributed by atoms with Crippen LogP contribution in [0.2, 0.25) is 0 Å². The first-order valence-electron chi connectivity index (χ1n) is 8.54. The van der Waals surface area contributed by atoms with E-state index in [9.17, 15) is 4.79 Å². The number of methoxy groups -OCH3 is 3. The number of ether oxygens (including phenoxy) is 3. The van der Waals surface area contributed by atoms with E-state index in [1.807, 2.05) is 47.9 Å². The smallest absolute Gasteiger partial charge is 0.240 e. The summed E-state index contributed by atoms with van der Waals surface area (Å²) in [7, 11) is 4.68. The monoisotopic (exact) mass is 369 g/mol. The molecule has 0 radical (unpaired) electrons. The van der Waals surface area contributed by atoms with E-state index in [-0.39, 0.29) is 12.5 Å². The molecule has 1 heterocycles. The molecule has 3 rings (SSSR count). The first-order valence-corrected chi connectivity index (χ1v) is 8.54. The van der Waals surface area contributed by atoms with E-state index in [1.165, 1.54) is 0 Å². The highest BCUT2D eigenvalue weighted by atomic mass is 16.5. The second-order valence-electron chi connectivity index (χ2n) is 6.04. The van der Waals surface area contributed by atoms with E-state index in [4.69, 9.17) is 14.2 Å². The zero-order valence-corrected chi connectivity index (χ0v) is 15.9. The van der Waals surface area contributed by atoms with Crippen LogP contribution in [0.25, 0.3) is 11.0 Å². The maximum atomic E-state index is 12.5. The molecule has 3 aromatic rings. The number of carbonyl (C=O) groups is 1. The molecule has 0 aliphatic heterocycles. The van der Waals surface area contributed by atoms with Crippen molar-refractivity contribution in [2.75, 3.05) is 21.3 Å². The first-order chi connectivity index (χ1) is 13.1. The molecule has 0 saturated heterocycles. The van der Waals surface area contributed by atoms with Crippen molar-refractivity contribution < 1.29 is 19.0 Å². The van der Waals surface area contributed by atoms with E-state index in [2.05, 4.69) is 10.3 Å². The number of carbonyl (C=O) groups excluding carboxylic acids is 1. The van der Waals surface area contributed by atoms with Crippen molar-refractivity contribution in [3.63, 3.8) is 0 Å². The Balaban J connectivity index is 1.73. The van der Waals surface area contributed by atoms with Crippen molar-refractivity contribution in [1.29, 1.82) is 0 Å². The summed E-state index contributed by atoms with van der Waals surface area (Å²) in [6, 6.07) is 11.4. The van der Waals surface area contributed by atoms with Gasteiger partial charge in [0.1, 0.15) is 12.4 Å². The molecule has 0 atom stereocenters. The van der Waals surface area contributed by atoms with Gasteiger partial charge in [-0.15, -0.1) is 0 Å². The third-order valence-electron chi connectivity index (χ3n) is 4.36. The van der Waals surface area contributed by atoms with E-state index in [1.54, 1.807) is 21.3 Å². The van der Waals surface area contributed by atoms with Crippen molar-refractivity contribution >= 4 is 16.9 Å². The standard InChI is InChI=1S/C20H23N3O4/c1-13-22-15-7-5-6-8-16(15)23(13)12-19(24)21-11-14-9-17(25-2)20(27-4)18(10-14)26-3/h5-10H,11-12H2,1-4H3,(H,21,24). The summed E-state index contributed by atoms with van der Waals surface area (Å²) in [4.78, 5) is 16.9. The quantitative estimate of drug-likeness (QED) is 0.693. The molecule has 1 N–H and O–H groups in total. The van der Waals surface area contributed by atoms with Crippen LogP contribution in [0.3, 0.4) is 0 Å². The van der Waals surface area contributed by atoms with Gasteiger partial charge in [0.25, 0.3) is 0 Å². The minimum absolute atomic E-state index is 0.102. The summed E-state index contributed by atoms with van der Waals surface area (Å²) >= 11 is 0. The summed E-state index contributed by atoms with van der Waals surface area (Å²) in [6.07, 6.45) is 0. The summed E-state index contributed by atoms with van der Waals surface area (Å²) < 4.78 is 17.9. The third-order valence-corrected chi connectivity index (χ3v) is 4.36. The lowest BCUT2D eigenvalue weighted by Gasteiger charge is -2.14. The van der Waals surface area contributed by atoms with Gasteiger partial charge in [-0.25, -0.2) is 4.98 Å². The number of aromatic nitrogens is 2. The van der Waals surface area contributed by atoms with Gasteiger partial charge >= 0.3 is 0 Å². The highest BCUT2D eigenvalue weighted by Gasteiger charge is 2.14. The molecule has 0 saturated carbocycles. The molecule has 142 valence electrons. The van der Waals surface area contributed by atoms with Crippen LogP contribution in [0.4, 0.5) is 0 Å². The van der Waals surface area contributed by atoms with Crippen molar-refractivity contribution in [2.24, 2.45) is 0 Å². The Bertz CT molecular complexity index is 940. The van der Waals surface area contributed by atoms with Gasteiger partial charge in [0, 0.05) is 6.54 Å². The Labute approximate surface area is 157 Å². The van der Waals surface area contributed by atoms with Gasteiger partial charge in [0.05, 0.1) is 32.4 Å². The lowest BCUT2D eigenvalue weighted by molar-refractivity contribution is -0.121. The van der Waals surface area contributed by atoms with Crippen molar-refractivity contribution in [2.45, 2.75) is 20.0 Å². The number of hydrogen-bond acceptors (Lipinski definition) is 5. The number of amides is 1. The molecule has 2 aromatic carbocycles. The van der Waals surface area contributed by atoms with Crippen molar-refractivity contribution in [3.05, 3.63) is 47.8 Å². The molecule has 7 nitrogen and oxygen atoms in total. The van der Waals surface area contributed by atoms with E-state index in [0.29, 0.717) is 23.8 Å². The van der Waals surface area contributed by atoms with E-state index in [0.717, 1.165) is 22.4 Å². The molecular formula is C20H23N3O4. The molecule has 0 unspecified atom stereocenters. The van der Waals surface area contributed by atoms with Gasteiger partial charge in [-0.3, -0.25) is 4.79 Å². The van der Waals surface area contributed by atoms with Gasteiger partial charge in [-0.1, -0.05) is 12.1 Å². The van der Waals surface area contributed by atoms with Gasteiger partial charge < -0.3 is 24.1 Å². The van der Waals surface area contributed by atoms with Crippen LogP contribution >= 0.6 is 0 Å². The topological polar surface area (TPSA) is 74.6 Å². The molecule has 0 spiro atoms. The largest absolute Gasteiger partial charge is 0.493 e. The Kier molecular flexibility index (Phi) is 5.49. The van der Waals surface area contributed by atoms with Crippen molar-refractivity contribution in [3.8, 4) is 17.2 Å². The molecule has 0 aliphatic rings. The average Bonchev–Trinajstić information content (AvgIpc) is 3.00. The van der Waals surface area contributed by atoms with Crippen LogP contribution < -0.4 is 19.5 Å². The molecule has 7 heteroatoms. The number of nitrogens with one attached hydrogen (secondary N) is 1. The van der Waals surface area contributed by atoms with E-state index >= 15 is 0 Å². The van der Waals surface area contributed by atoms with E-state index < -0.39 is 0 Å². The number of fused-ring (bicyclic) bond motifs is 1. The van der Waals surface area contributed by atoms with Crippen LogP contribution in [-0.2, 0) is 17.9 Å². The lowest BCUT2D eigenvalue weighted by Crippen LogP contribution is -2.27. The normalized spacial score (nSPS) is 10.7. The van der Waals surface area contributed by atoms with Crippen LogP contribution in [0.5, 0.6) is 17.2 Å². The predicted octanol–water partition coefficient (Wildman–Crippen LogP) is 2.69. The van der Waals surface area contributed by atoms with Gasteiger partial charge in [-0.2, -0.15) is 0 Å². The molecule has 0 aliphatic carbocycles. The summed E-state index contributed by atoms with van der Waals surface area (Å²) in [6.45, 7) is 2.45. The fraction of sp³-hybridized carbons (Fsp3) is 0.300. The van der Waals surface area contributed by atoms with Crippen molar-refractivity contribution in [1.82, 2.24) is 14.9 Å². The molecule has 27 heavy (non-hydrogen) atoms.